The van der Waals surface area contributed by atoms with Gasteiger partial charge in [0.1, 0.15) is 5.69 Å². The number of hydrogen-bond donors (Lipinski definition) is 1. The van der Waals surface area contributed by atoms with E-state index in [4.69, 9.17) is 10.1 Å². The summed E-state index contributed by atoms with van der Waals surface area (Å²) in [5, 5.41) is 9.74. The summed E-state index contributed by atoms with van der Waals surface area (Å²) in [4.78, 5) is 22.4. The molecule has 1 aliphatic heterocycles. The van der Waals surface area contributed by atoms with Crippen molar-refractivity contribution in [3.63, 3.8) is 0 Å². The molecule has 2 aromatic heterocycles. The van der Waals surface area contributed by atoms with Gasteiger partial charge in [-0.15, -0.1) is 5.10 Å². The van der Waals surface area contributed by atoms with E-state index in [1.807, 2.05) is 9.42 Å². The van der Waals surface area contributed by atoms with Crippen LogP contribution in [-0.4, -0.2) is 57.6 Å². The molecule has 3 heterocycles. The normalized spacial score (nSPS) is 17.4. The van der Waals surface area contributed by atoms with E-state index in [0.29, 0.717) is 12.5 Å². The molecule has 0 unspecified atom stereocenters. The SMILES string of the molecule is CCCC(=O)N1CCN(c2nn3c(NC4CCCC4)c(-c4ccc(C)cc4)nc3s2)CC1. The summed E-state index contributed by atoms with van der Waals surface area (Å²) >= 11 is 1.64. The Kier molecular flexibility index (Phi) is 6.04. The minimum absolute atomic E-state index is 0.270. The minimum Gasteiger partial charge on any atom is -0.365 e. The van der Waals surface area contributed by atoms with Crippen LogP contribution in [0.5, 0.6) is 0 Å². The van der Waals surface area contributed by atoms with Crippen LogP contribution < -0.4 is 10.2 Å². The first-order valence-electron chi connectivity index (χ1n) is 11.9. The third-order valence-corrected chi connectivity index (χ3v) is 7.55. The lowest BCUT2D eigenvalue weighted by Crippen LogP contribution is -2.48. The van der Waals surface area contributed by atoms with Crippen molar-refractivity contribution in [1.82, 2.24) is 19.5 Å². The fourth-order valence-electron chi connectivity index (χ4n) is 4.69. The van der Waals surface area contributed by atoms with Crippen LogP contribution in [0.4, 0.5) is 10.9 Å². The average molecular weight is 453 g/mol. The van der Waals surface area contributed by atoms with Gasteiger partial charge in [-0.25, -0.2) is 4.98 Å². The quantitative estimate of drug-likeness (QED) is 0.594. The lowest BCUT2D eigenvalue weighted by molar-refractivity contribution is -0.131. The summed E-state index contributed by atoms with van der Waals surface area (Å²) in [6.45, 7) is 7.34. The predicted octanol–water partition coefficient (Wildman–Crippen LogP) is 4.57. The zero-order chi connectivity index (χ0) is 22.1. The standard InChI is InChI=1S/C24H32N6OS/c1-3-6-20(31)28-13-15-29(16-14-28)24-27-30-22(25-19-7-4-5-8-19)21(26-23(30)32-24)18-11-9-17(2)10-12-18/h9-12,19,25H,3-8,13-16H2,1-2H3. The number of aromatic nitrogens is 3. The van der Waals surface area contributed by atoms with Gasteiger partial charge in [0.2, 0.25) is 16.0 Å². The summed E-state index contributed by atoms with van der Waals surface area (Å²) in [6, 6.07) is 9.06. The lowest BCUT2D eigenvalue weighted by Gasteiger charge is -2.34. The third kappa shape index (κ3) is 4.20. The Hall–Kier alpha value is -2.61. The highest BCUT2D eigenvalue weighted by Crippen LogP contribution is 2.35. The molecule has 2 fully saturated rings. The van der Waals surface area contributed by atoms with E-state index >= 15 is 0 Å². The second kappa shape index (κ2) is 9.10. The highest BCUT2D eigenvalue weighted by Gasteiger charge is 2.26. The van der Waals surface area contributed by atoms with Gasteiger partial charge in [-0.3, -0.25) is 4.79 Å². The number of nitrogens with one attached hydrogen (secondary N) is 1. The zero-order valence-corrected chi connectivity index (χ0v) is 19.8. The number of carbonyl (C=O) groups excluding carboxylic acids is 1. The van der Waals surface area contributed by atoms with Gasteiger partial charge in [-0.2, -0.15) is 4.52 Å². The van der Waals surface area contributed by atoms with Crippen LogP contribution in [0.2, 0.25) is 0 Å². The van der Waals surface area contributed by atoms with E-state index in [0.717, 1.165) is 59.8 Å². The summed E-state index contributed by atoms with van der Waals surface area (Å²) in [5.41, 5.74) is 3.35. The van der Waals surface area contributed by atoms with Crippen molar-refractivity contribution in [3.05, 3.63) is 29.8 Å². The molecule has 1 aromatic carbocycles. The van der Waals surface area contributed by atoms with Gasteiger partial charge < -0.3 is 15.1 Å². The van der Waals surface area contributed by atoms with Gasteiger partial charge >= 0.3 is 0 Å². The molecule has 8 heteroatoms. The smallest absolute Gasteiger partial charge is 0.222 e. The van der Waals surface area contributed by atoms with Crippen LogP contribution >= 0.6 is 11.3 Å². The highest BCUT2D eigenvalue weighted by atomic mass is 32.1. The molecule has 0 atom stereocenters. The summed E-state index contributed by atoms with van der Waals surface area (Å²) < 4.78 is 2.00. The summed E-state index contributed by atoms with van der Waals surface area (Å²) in [7, 11) is 0. The van der Waals surface area contributed by atoms with E-state index in [1.165, 1.54) is 31.2 Å². The molecule has 0 spiro atoms. The Labute approximate surface area is 193 Å². The van der Waals surface area contributed by atoms with Crippen molar-refractivity contribution >= 4 is 33.2 Å². The van der Waals surface area contributed by atoms with Crippen molar-refractivity contribution < 1.29 is 4.79 Å². The van der Waals surface area contributed by atoms with Gasteiger partial charge in [0, 0.05) is 44.2 Å². The molecule has 0 bridgehead atoms. The average Bonchev–Trinajstić information content (AvgIpc) is 3.53. The van der Waals surface area contributed by atoms with Crippen molar-refractivity contribution in [2.24, 2.45) is 0 Å². The topological polar surface area (TPSA) is 65.8 Å². The molecule has 5 rings (SSSR count). The second-order valence-corrected chi connectivity index (χ2v) is 9.93. The zero-order valence-electron chi connectivity index (χ0n) is 19.0. The number of anilines is 2. The van der Waals surface area contributed by atoms with E-state index < -0.39 is 0 Å². The van der Waals surface area contributed by atoms with Crippen LogP contribution in [0, 0.1) is 6.92 Å². The fraction of sp³-hybridized carbons (Fsp3) is 0.542. The monoisotopic (exact) mass is 452 g/mol. The number of rotatable bonds is 6. The van der Waals surface area contributed by atoms with Crippen molar-refractivity contribution in [3.8, 4) is 11.3 Å². The number of benzene rings is 1. The van der Waals surface area contributed by atoms with Crippen molar-refractivity contribution in [2.75, 3.05) is 36.4 Å². The molecule has 170 valence electrons. The van der Waals surface area contributed by atoms with Gasteiger partial charge in [-0.05, 0) is 26.2 Å². The first kappa shape index (κ1) is 21.2. The van der Waals surface area contributed by atoms with Crippen LogP contribution in [0.1, 0.15) is 51.0 Å². The van der Waals surface area contributed by atoms with Crippen LogP contribution in [0.25, 0.3) is 16.2 Å². The Balaban J connectivity index is 1.41. The van der Waals surface area contributed by atoms with E-state index in [2.05, 4.69) is 48.3 Å². The number of imidazole rings is 1. The molecular weight excluding hydrogens is 420 g/mol. The third-order valence-electron chi connectivity index (χ3n) is 6.58. The molecular formula is C24H32N6OS. The number of nitrogens with zero attached hydrogens (tertiary/aromatic N) is 5. The second-order valence-electron chi connectivity index (χ2n) is 9.00. The van der Waals surface area contributed by atoms with Crippen LogP contribution in [-0.2, 0) is 4.79 Å². The number of amides is 1. The summed E-state index contributed by atoms with van der Waals surface area (Å²) in [5.74, 6) is 1.28. The van der Waals surface area contributed by atoms with Crippen molar-refractivity contribution in [1.29, 1.82) is 0 Å². The van der Waals surface area contributed by atoms with Gasteiger partial charge in [0.05, 0.1) is 0 Å². The Morgan fingerprint density at radius 1 is 1.12 bits per heavy atom. The largest absolute Gasteiger partial charge is 0.365 e. The number of piperazine rings is 1. The van der Waals surface area contributed by atoms with E-state index in [1.54, 1.807) is 11.3 Å². The maximum Gasteiger partial charge on any atom is 0.222 e. The number of fused-ring (bicyclic) bond motifs is 1. The molecule has 3 aromatic rings. The molecule has 1 saturated carbocycles. The first-order chi connectivity index (χ1) is 15.6. The summed E-state index contributed by atoms with van der Waals surface area (Å²) in [6.07, 6.45) is 6.51. The van der Waals surface area contributed by atoms with Gasteiger partial charge in [0.15, 0.2) is 5.82 Å². The molecule has 2 aliphatic rings. The Morgan fingerprint density at radius 3 is 2.53 bits per heavy atom. The minimum atomic E-state index is 0.270. The van der Waals surface area contributed by atoms with Crippen LogP contribution in [0.3, 0.4) is 0 Å². The maximum absolute atomic E-state index is 12.2. The first-order valence-corrected chi connectivity index (χ1v) is 12.7. The van der Waals surface area contributed by atoms with Gasteiger partial charge in [-0.1, -0.05) is 60.9 Å². The number of aryl methyl sites for hydroxylation is 1. The molecule has 0 radical (unpaired) electrons. The van der Waals surface area contributed by atoms with Crippen LogP contribution in [0.15, 0.2) is 24.3 Å². The molecule has 32 heavy (non-hydrogen) atoms. The van der Waals surface area contributed by atoms with Crippen molar-refractivity contribution in [2.45, 2.75) is 58.4 Å². The molecule has 1 saturated heterocycles. The number of hydrogen-bond acceptors (Lipinski definition) is 6. The number of carbonyl (C=O) groups is 1. The Bertz CT molecular complexity index is 1070. The Morgan fingerprint density at radius 2 is 1.84 bits per heavy atom. The molecule has 1 amide bonds. The molecule has 1 N–H and O–H groups in total. The lowest BCUT2D eigenvalue weighted by atomic mass is 10.1. The van der Waals surface area contributed by atoms with E-state index in [9.17, 15) is 4.79 Å². The molecule has 1 aliphatic carbocycles. The maximum atomic E-state index is 12.2. The predicted molar refractivity (Wildman–Crippen MR) is 131 cm³/mol. The highest BCUT2D eigenvalue weighted by molar-refractivity contribution is 7.20. The molecule has 7 nitrogen and oxygen atoms in total. The fourth-order valence-corrected chi connectivity index (χ4v) is 5.64. The van der Waals surface area contributed by atoms with E-state index in [-0.39, 0.29) is 5.91 Å². The van der Waals surface area contributed by atoms with Gasteiger partial charge in [0.25, 0.3) is 0 Å².